The van der Waals surface area contributed by atoms with Gasteiger partial charge in [0, 0.05) is 12.6 Å². The van der Waals surface area contributed by atoms with Crippen LogP contribution in [0.5, 0.6) is 0 Å². The van der Waals surface area contributed by atoms with Gasteiger partial charge in [-0.1, -0.05) is 18.0 Å². The molecule has 1 saturated carbocycles. The molecule has 2 rings (SSSR count). The van der Waals surface area contributed by atoms with Crippen molar-refractivity contribution < 1.29 is 4.74 Å². The fraction of sp³-hybridized carbons (Fsp3) is 0.769. The third-order valence-electron chi connectivity index (χ3n) is 3.97. The lowest BCUT2D eigenvalue weighted by atomic mass is 9.97. The summed E-state index contributed by atoms with van der Waals surface area (Å²) in [6.07, 6.45) is 3.77. The van der Waals surface area contributed by atoms with Gasteiger partial charge in [-0.3, -0.25) is 4.68 Å². The molecule has 2 unspecified atom stereocenters. The summed E-state index contributed by atoms with van der Waals surface area (Å²) in [5, 5.41) is 4.95. The first-order chi connectivity index (χ1) is 8.63. The highest BCUT2D eigenvalue weighted by molar-refractivity contribution is 6.30. The molecule has 0 saturated heterocycles. The minimum atomic E-state index is 0.548. The van der Waals surface area contributed by atoms with Gasteiger partial charge >= 0.3 is 0 Å². The maximum Gasteiger partial charge on any atom is 0.132 e. The van der Waals surface area contributed by atoms with E-state index in [4.69, 9.17) is 22.1 Å². The molecule has 2 atom stereocenters. The van der Waals surface area contributed by atoms with E-state index in [1.165, 1.54) is 19.3 Å². The molecule has 0 aromatic carbocycles. The molecule has 18 heavy (non-hydrogen) atoms. The maximum atomic E-state index is 6.17. The quantitative estimate of drug-likeness (QED) is 0.894. The highest BCUT2D eigenvalue weighted by atomic mass is 35.5. The molecule has 0 spiro atoms. The number of ether oxygens (including phenoxy) is 1. The summed E-state index contributed by atoms with van der Waals surface area (Å²) in [6, 6.07) is 0. The average molecular weight is 272 g/mol. The maximum absolute atomic E-state index is 6.17. The first-order valence-electron chi connectivity index (χ1n) is 6.59. The van der Waals surface area contributed by atoms with E-state index < -0.39 is 0 Å². The Balaban J connectivity index is 1.85. The summed E-state index contributed by atoms with van der Waals surface area (Å²) >= 11 is 6.17. The molecule has 0 amide bonds. The second-order valence-electron chi connectivity index (χ2n) is 5.18. The topological polar surface area (TPSA) is 53.1 Å². The molecule has 5 heteroatoms. The SMILES string of the molecule is Cc1nn(C)c(Cl)c1COCC1CCCC1CN. The lowest BCUT2D eigenvalue weighted by Gasteiger charge is -2.17. The first-order valence-corrected chi connectivity index (χ1v) is 6.97. The largest absolute Gasteiger partial charge is 0.376 e. The smallest absolute Gasteiger partial charge is 0.132 e. The molecule has 0 aliphatic heterocycles. The van der Waals surface area contributed by atoms with Crippen molar-refractivity contribution in [1.82, 2.24) is 9.78 Å². The predicted octanol–water partition coefficient (Wildman–Crippen LogP) is 2.27. The highest BCUT2D eigenvalue weighted by Gasteiger charge is 2.26. The van der Waals surface area contributed by atoms with Gasteiger partial charge in [0.05, 0.1) is 18.9 Å². The molecule has 1 aromatic heterocycles. The number of rotatable bonds is 5. The number of nitrogens with zero attached hydrogens (tertiary/aromatic N) is 2. The van der Waals surface area contributed by atoms with Crippen LogP contribution in [0.1, 0.15) is 30.5 Å². The van der Waals surface area contributed by atoms with Gasteiger partial charge in [-0.2, -0.15) is 5.10 Å². The molecule has 1 heterocycles. The number of nitrogens with two attached hydrogens (primary N) is 1. The van der Waals surface area contributed by atoms with Crippen LogP contribution in [-0.2, 0) is 18.4 Å². The molecule has 1 aromatic rings. The van der Waals surface area contributed by atoms with Crippen molar-refractivity contribution >= 4 is 11.6 Å². The van der Waals surface area contributed by atoms with E-state index in [9.17, 15) is 0 Å². The molecule has 102 valence electrons. The minimum absolute atomic E-state index is 0.548. The molecule has 1 aliphatic rings. The van der Waals surface area contributed by atoms with E-state index in [0.29, 0.717) is 23.6 Å². The fourth-order valence-corrected chi connectivity index (χ4v) is 3.02. The van der Waals surface area contributed by atoms with E-state index in [1.54, 1.807) is 4.68 Å². The van der Waals surface area contributed by atoms with Crippen molar-refractivity contribution in [3.05, 3.63) is 16.4 Å². The molecule has 1 aliphatic carbocycles. The van der Waals surface area contributed by atoms with E-state index >= 15 is 0 Å². The predicted molar refractivity (Wildman–Crippen MR) is 72.5 cm³/mol. The minimum Gasteiger partial charge on any atom is -0.376 e. The van der Waals surface area contributed by atoms with Crippen molar-refractivity contribution in [3.8, 4) is 0 Å². The third-order valence-corrected chi connectivity index (χ3v) is 4.44. The lowest BCUT2D eigenvalue weighted by Crippen LogP contribution is -2.22. The number of aromatic nitrogens is 2. The lowest BCUT2D eigenvalue weighted by molar-refractivity contribution is 0.0751. The van der Waals surface area contributed by atoms with Crippen molar-refractivity contribution in [2.24, 2.45) is 24.6 Å². The Kier molecular flexibility index (Phi) is 4.65. The van der Waals surface area contributed by atoms with Gasteiger partial charge in [-0.15, -0.1) is 0 Å². The Labute approximate surface area is 113 Å². The molecular weight excluding hydrogens is 250 g/mol. The Morgan fingerprint density at radius 2 is 2.17 bits per heavy atom. The second kappa shape index (κ2) is 6.04. The van der Waals surface area contributed by atoms with Gasteiger partial charge in [0.15, 0.2) is 0 Å². The molecule has 0 bridgehead atoms. The van der Waals surface area contributed by atoms with Gasteiger partial charge < -0.3 is 10.5 Å². The van der Waals surface area contributed by atoms with Crippen LogP contribution in [0.15, 0.2) is 0 Å². The summed E-state index contributed by atoms with van der Waals surface area (Å²) < 4.78 is 7.51. The van der Waals surface area contributed by atoms with Crippen LogP contribution in [-0.4, -0.2) is 22.9 Å². The van der Waals surface area contributed by atoms with Gasteiger partial charge in [0.2, 0.25) is 0 Å². The van der Waals surface area contributed by atoms with Crippen molar-refractivity contribution in [2.75, 3.05) is 13.2 Å². The number of hydrogen-bond acceptors (Lipinski definition) is 3. The Bertz CT molecular complexity index is 405. The standard InChI is InChI=1S/C13H22ClN3O/c1-9-12(13(14)17(2)16-9)8-18-7-11-5-3-4-10(11)6-15/h10-11H,3-8,15H2,1-2H3. The Morgan fingerprint density at radius 1 is 1.44 bits per heavy atom. The summed E-state index contributed by atoms with van der Waals surface area (Å²) in [6.45, 7) is 4.07. The highest BCUT2D eigenvalue weighted by Crippen LogP contribution is 2.31. The second-order valence-corrected chi connectivity index (χ2v) is 5.54. The normalized spacial score (nSPS) is 23.8. The zero-order valence-electron chi connectivity index (χ0n) is 11.2. The summed E-state index contributed by atoms with van der Waals surface area (Å²) in [5.41, 5.74) is 7.72. The number of halogens is 1. The zero-order valence-corrected chi connectivity index (χ0v) is 11.9. The van der Waals surface area contributed by atoms with E-state index in [-0.39, 0.29) is 0 Å². The van der Waals surface area contributed by atoms with Gasteiger partial charge in [-0.25, -0.2) is 0 Å². The molecule has 2 N–H and O–H groups in total. The van der Waals surface area contributed by atoms with Crippen molar-refractivity contribution in [2.45, 2.75) is 32.8 Å². The van der Waals surface area contributed by atoms with E-state index in [0.717, 1.165) is 24.4 Å². The average Bonchev–Trinajstić information content (AvgIpc) is 2.89. The van der Waals surface area contributed by atoms with Gasteiger partial charge in [0.25, 0.3) is 0 Å². The summed E-state index contributed by atoms with van der Waals surface area (Å²) in [5.74, 6) is 1.25. The van der Waals surface area contributed by atoms with Crippen LogP contribution in [0.25, 0.3) is 0 Å². The third kappa shape index (κ3) is 2.87. The van der Waals surface area contributed by atoms with E-state index in [1.807, 2.05) is 14.0 Å². The van der Waals surface area contributed by atoms with Crippen LogP contribution in [0.2, 0.25) is 5.15 Å². The fourth-order valence-electron chi connectivity index (χ4n) is 2.79. The summed E-state index contributed by atoms with van der Waals surface area (Å²) in [7, 11) is 1.85. The molecular formula is C13H22ClN3O. The van der Waals surface area contributed by atoms with Crippen LogP contribution < -0.4 is 5.73 Å². The number of aryl methyl sites for hydroxylation is 2. The van der Waals surface area contributed by atoms with Crippen molar-refractivity contribution in [1.29, 1.82) is 0 Å². The Morgan fingerprint density at radius 3 is 2.78 bits per heavy atom. The monoisotopic (exact) mass is 271 g/mol. The van der Waals surface area contributed by atoms with Crippen LogP contribution in [0, 0.1) is 18.8 Å². The van der Waals surface area contributed by atoms with Crippen LogP contribution in [0.4, 0.5) is 0 Å². The first kappa shape index (κ1) is 13.8. The van der Waals surface area contributed by atoms with Gasteiger partial charge in [0.1, 0.15) is 5.15 Å². The molecule has 4 nitrogen and oxygen atoms in total. The zero-order chi connectivity index (χ0) is 13.1. The Hall–Kier alpha value is -0.580. The molecule has 0 radical (unpaired) electrons. The van der Waals surface area contributed by atoms with E-state index in [2.05, 4.69) is 5.10 Å². The van der Waals surface area contributed by atoms with Crippen LogP contribution >= 0.6 is 11.6 Å². The van der Waals surface area contributed by atoms with Crippen molar-refractivity contribution in [3.63, 3.8) is 0 Å². The van der Waals surface area contributed by atoms with Gasteiger partial charge in [-0.05, 0) is 38.1 Å². The molecule has 1 fully saturated rings. The number of hydrogen-bond donors (Lipinski definition) is 1. The summed E-state index contributed by atoms with van der Waals surface area (Å²) in [4.78, 5) is 0. The van der Waals surface area contributed by atoms with Crippen LogP contribution in [0.3, 0.4) is 0 Å².